The summed E-state index contributed by atoms with van der Waals surface area (Å²) in [7, 11) is 1.89. The molecule has 5 nitrogen and oxygen atoms in total. The Morgan fingerprint density at radius 3 is 2.79 bits per heavy atom. The van der Waals surface area contributed by atoms with E-state index in [-0.39, 0.29) is 0 Å². The number of aryl methyl sites for hydroxylation is 1. The number of hydrogen-bond acceptors (Lipinski definition) is 5. The van der Waals surface area contributed by atoms with E-state index in [1.807, 2.05) is 13.1 Å². The molecule has 3 rings (SSSR count). The Balaban J connectivity index is 1.74. The summed E-state index contributed by atoms with van der Waals surface area (Å²) in [6.07, 6.45) is 6.30. The molecule has 2 N–H and O–H groups in total. The van der Waals surface area contributed by atoms with Crippen molar-refractivity contribution in [1.29, 1.82) is 0 Å². The molecule has 0 amide bonds. The van der Waals surface area contributed by atoms with Gasteiger partial charge in [0.05, 0.1) is 18.2 Å². The molecule has 3 unspecified atom stereocenters. The van der Waals surface area contributed by atoms with Gasteiger partial charge in [-0.05, 0) is 25.7 Å². The first-order valence-corrected chi connectivity index (χ1v) is 7.26. The molecule has 2 aliphatic heterocycles. The predicted octanol–water partition coefficient (Wildman–Crippen LogP) is 2.20. The number of fused-ring (bicyclic) bond motifs is 2. The first kappa shape index (κ1) is 12.7. The van der Waals surface area contributed by atoms with Crippen LogP contribution < -0.4 is 10.6 Å². The zero-order chi connectivity index (χ0) is 13.2. The van der Waals surface area contributed by atoms with E-state index in [1.54, 1.807) is 0 Å². The van der Waals surface area contributed by atoms with Crippen molar-refractivity contribution < 1.29 is 4.74 Å². The van der Waals surface area contributed by atoms with E-state index < -0.39 is 0 Å². The van der Waals surface area contributed by atoms with E-state index in [4.69, 9.17) is 4.74 Å². The van der Waals surface area contributed by atoms with Crippen LogP contribution in [0.15, 0.2) is 6.07 Å². The van der Waals surface area contributed by atoms with Gasteiger partial charge >= 0.3 is 0 Å². The van der Waals surface area contributed by atoms with Crippen LogP contribution in [0.25, 0.3) is 0 Å². The van der Waals surface area contributed by atoms with E-state index >= 15 is 0 Å². The summed E-state index contributed by atoms with van der Waals surface area (Å²) in [4.78, 5) is 9.07. The fraction of sp³-hybridized carbons (Fsp3) is 0.714. The first-order valence-electron chi connectivity index (χ1n) is 7.26. The summed E-state index contributed by atoms with van der Waals surface area (Å²) in [5.74, 6) is 2.70. The van der Waals surface area contributed by atoms with Crippen LogP contribution >= 0.6 is 0 Å². The molecule has 0 aromatic carbocycles. The molecule has 0 radical (unpaired) electrons. The van der Waals surface area contributed by atoms with E-state index in [0.29, 0.717) is 18.2 Å². The van der Waals surface area contributed by atoms with Crippen molar-refractivity contribution in [3.05, 3.63) is 11.9 Å². The van der Waals surface area contributed by atoms with Crippen LogP contribution in [0.5, 0.6) is 0 Å². The van der Waals surface area contributed by atoms with Crippen LogP contribution in [0, 0.1) is 0 Å². The number of nitrogens with one attached hydrogen (secondary N) is 2. The van der Waals surface area contributed by atoms with Crippen molar-refractivity contribution in [1.82, 2.24) is 9.97 Å². The lowest BCUT2D eigenvalue weighted by Gasteiger charge is -2.21. The molecule has 3 heterocycles. The molecule has 0 spiro atoms. The van der Waals surface area contributed by atoms with Gasteiger partial charge in [0.25, 0.3) is 0 Å². The van der Waals surface area contributed by atoms with Crippen LogP contribution in [-0.4, -0.2) is 35.3 Å². The molecule has 19 heavy (non-hydrogen) atoms. The Hall–Kier alpha value is -1.36. The zero-order valence-electron chi connectivity index (χ0n) is 11.6. The third-order valence-electron chi connectivity index (χ3n) is 3.94. The number of aromatic nitrogens is 2. The lowest BCUT2D eigenvalue weighted by Crippen LogP contribution is -2.31. The van der Waals surface area contributed by atoms with Crippen molar-refractivity contribution in [2.75, 3.05) is 17.7 Å². The van der Waals surface area contributed by atoms with Gasteiger partial charge in [0.2, 0.25) is 0 Å². The van der Waals surface area contributed by atoms with Gasteiger partial charge in [0.15, 0.2) is 0 Å². The lowest BCUT2D eigenvalue weighted by molar-refractivity contribution is 0.102. The Morgan fingerprint density at radius 1 is 1.32 bits per heavy atom. The number of hydrogen-bond donors (Lipinski definition) is 2. The number of anilines is 2. The van der Waals surface area contributed by atoms with Crippen molar-refractivity contribution in [3.8, 4) is 0 Å². The molecule has 2 fully saturated rings. The highest BCUT2D eigenvalue weighted by atomic mass is 16.5. The van der Waals surface area contributed by atoms with E-state index in [9.17, 15) is 0 Å². The maximum absolute atomic E-state index is 5.87. The largest absolute Gasteiger partial charge is 0.373 e. The normalized spacial score (nSPS) is 28.6. The minimum absolute atomic E-state index is 0.368. The molecule has 1 aromatic heterocycles. The molecule has 3 atom stereocenters. The fourth-order valence-electron chi connectivity index (χ4n) is 3.01. The van der Waals surface area contributed by atoms with E-state index in [1.165, 1.54) is 12.8 Å². The molecule has 2 bridgehead atoms. The molecule has 1 aromatic rings. The molecule has 5 heteroatoms. The SMILES string of the molecule is CCCc1nc(NC)cc(NC2CC3CCC2O3)n1. The van der Waals surface area contributed by atoms with Gasteiger partial charge in [0, 0.05) is 19.5 Å². The molecule has 0 aliphatic carbocycles. The summed E-state index contributed by atoms with van der Waals surface area (Å²) in [5, 5.41) is 6.63. The van der Waals surface area contributed by atoms with Crippen molar-refractivity contribution >= 4 is 11.6 Å². The molecule has 2 aliphatic rings. The Morgan fingerprint density at radius 2 is 2.16 bits per heavy atom. The molecule has 104 valence electrons. The molecule has 2 saturated heterocycles. The van der Waals surface area contributed by atoms with Gasteiger partial charge in [-0.25, -0.2) is 9.97 Å². The summed E-state index contributed by atoms with van der Waals surface area (Å²) in [5.41, 5.74) is 0. The van der Waals surface area contributed by atoms with Gasteiger partial charge in [-0.3, -0.25) is 0 Å². The minimum Gasteiger partial charge on any atom is -0.373 e. The van der Waals surface area contributed by atoms with E-state index in [0.717, 1.165) is 36.7 Å². The molecular weight excluding hydrogens is 240 g/mol. The van der Waals surface area contributed by atoms with Crippen LogP contribution in [0.1, 0.15) is 38.4 Å². The Labute approximate surface area is 114 Å². The third kappa shape index (κ3) is 2.66. The maximum atomic E-state index is 5.87. The highest BCUT2D eigenvalue weighted by Gasteiger charge is 2.40. The zero-order valence-corrected chi connectivity index (χ0v) is 11.6. The number of rotatable bonds is 5. The van der Waals surface area contributed by atoms with Crippen LogP contribution in [0.4, 0.5) is 11.6 Å². The molecule has 0 saturated carbocycles. The number of nitrogens with zero attached hydrogens (tertiary/aromatic N) is 2. The van der Waals surface area contributed by atoms with Crippen LogP contribution in [0.2, 0.25) is 0 Å². The predicted molar refractivity (Wildman–Crippen MR) is 75.5 cm³/mol. The number of ether oxygens (including phenoxy) is 1. The second-order valence-electron chi connectivity index (χ2n) is 5.42. The standard InChI is InChI=1S/C14H22N4O/c1-3-4-12-17-13(15-2)8-14(18-12)16-10-7-9-5-6-11(10)19-9/h8-11H,3-7H2,1-2H3,(H2,15,16,17,18). The summed E-state index contributed by atoms with van der Waals surface area (Å²) in [6.45, 7) is 2.15. The fourth-order valence-corrected chi connectivity index (χ4v) is 3.01. The summed E-state index contributed by atoms with van der Waals surface area (Å²) >= 11 is 0. The maximum Gasteiger partial charge on any atom is 0.133 e. The summed E-state index contributed by atoms with van der Waals surface area (Å²) < 4.78 is 5.87. The highest BCUT2D eigenvalue weighted by Crippen LogP contribution is 2.35. The lowest BCUT2D eigenvalue weighted by atomic mass is 9.95. The monoisotopic (exact) mass is 262 g/mol. The van der Waals surface area contributed by atoms with Crippen LogP contribution in [0.3, 0.4) is 0 Å². The van der Waals surface area contributed by atoms with Crippen molar-refractivity contribution in [2.24, 2.45) is 0 Å². The second-order valence-corrected chi connectivity index (χ2v) is 5.42. The van der Waals surface area contributed by atoms with Gasteiger partial charge in [-0.2, -0.15) is 0 Å². The van der Waals surface area contributed by atoms with Gasteiger partial charge in [-0.1, -0.05) is 6.92 Å². The molecular formula is C14H22N4O. The quantitative estimate of drug-likeness (QED) is 0.852. The average molecular weight is 262 g/mol. The average Bonchev–Trinajstić information content (AvgIpc) is 3.01. The van der Waals surface area contributed by atoms with Crippen LogP contribution in [-0.2, 0) is 11.2 Å². The first-order chi connectivity index (χ1) is 9.28. The topological polar surface area (TPSA) is 59.1 Å². The van der Waals surface area contributed by atoms with E-state index in [2.05, 4.69) is 27.5 Å². The minimum atomic E-state index is 0.368. The van der Waals surface area contributed by atoms with Crippen molar-refractivity contribution in [3.63, 3.8) is 0 Å². The summed E-state index contributed by atoms with van der Waals surface area (Å²) in [6, 6.07) is 2.39. The van der Waals surface area contributed by atoms with Gasteiger partial charge in [0.1, 0.15) is 17.5 Å². The highest BCUT2D eigenvalue weighted by molar-refractivity contribution is 5.48. The third-order valence-corrected chi connectivity index (χ3v) is 3.94. The van der Waals surface area contributed by atoms with Crippen molar-refractivity contribution in [2.45, 2.75) is 57.3 Å². The smallest absolute Gasteiger partial charge is 0.133 e. The Bertz CT molecular complexity index is 451. The van der Waals surface area contributed by atoms with Gasteiger partial charge in [-0.15, -0.1) is 0 Å². The Kier molecular flexibility index (Phi) is 3.55. The van der Waals surface area contributed by atoms with Gasteiger partial charge < -0.3 is 15.4 Å². The second kappa shape index (κ2) is 5.33.